The molecule has 2 aromatic carbocycles. The van der Waals surface area contributed by atoms with Gasteiger partial charge in [0.2, 0.25) is 6.79 Å². The van der Waals surface area contributed by atoms with Crippen LogP contribution >= 0.6 is 11.8 Å². The van der Waals surface area contributed by atoms with Gasteiger partial charge < -0.3 is 14.4 Å². The molecule has 2 aliphatic rings. The van der Waals surface area contributed by atoms with Crippen LogP contribution in [-0.4, -0.2) is 36.4 Å². The normalized spacial score (nSPS) is 19.6. The molecule has 1 amide bonds. The first-order valence-corrected chi connectivity index (χ1v) is 9.32. The van der Waals surface area contributed by atoms with Crippen LogP contribution in [0.2, 0.25) is 0 Å². The summed E-state index contributed by atoms with van der Waals surface area (Å²) in [5, 5.41) is 0.285. The minimum atomic E-state index is -0.461. The van der Waals surface area contributed by atoms with Gasteiger partial charge in [0.25, 0.3) is 5.91 Å². The van der Waals surface area contributed by atoms with Gasteiger partial charge in [0.05, 0.1) is 5.56 Å². The molecule has 0 aromatic heterocycles. The molecule has 2 heterocycles. The molecule has 4 nitrogen and oxygen atoms in total. The maximum atomic E-state index is 13.9. The molecular weight excluding hydrogens is 341 g/mol. The monoisotopic (exact) mass is 359 g/mol. The van der Waals surface area contributed by atoms with Gasteiger partial charge in [-0.1, -0.05) is 18.2 Å². The summed E-state index contributed by atoms with van der Waals surface area (Å²) >= 11 is 1.82. The van der Waals surface area contributed by atoms with Gasteiger partial charge in [0.15, 0.2) is 11.5 Å². The Morgan fingerprint density at radius 2 is 1.96 bits per heavy atom. The highest BCUT2D eigenvalue weighted by Gasteiger charge is 2.25. The van der Waals surface area contributed by atoms with E-state index in [1.54, 1.807) is 23.1 Å². The van der Waals surface area contributed by atoms with E-state index in [1.807, 2.05) is 23.9 Å². The highest BCUT2D eigenvalue weighted by atomic mass is 32.2. The molecule has 0 N–H and O–H groups in total. The molecule has 130 valence electrons. The third-order valence-corrected chi connectivity index (χ3v) is 5.83. The fraction of sp³-hybridized carbons (Fsp3) is 0.316. The second-order valence-electron chi connectivity index (χ2n) is 6.03. The number of thioether (sulfide) groups is 1. The topological polar surface area (TPSA) is 38.8 Å². The summed E-state index contributed by atoms with van der Waals surface area (Å²) in [6.07, 6.45) is 0.824. The fourth-order valence-electron chi connectivity index (χ4n) is 3.16. The predicted molar refractivity (Wildman–Crippen MR) is 94.7 cm³/mol. The van der Waals surface area contributed by atoms with E-state index in [4.69, 9.17) is 9.47 Å². The van der Waals surface area contributed by atoms with Crippen LogP contribution in [0.15, 0.2) is 42.5 Å². The number of halogens is 1. The quantitative estimate of drug-likeness (QED) is 0.816. The molecule has 0 saturated carbocycles. The molecule has 0 spiro atoms. The number of ether oxygens (including phenoxy) is 2. The lowest BCUT2D eigenvalue weighted by atomic mass is 10.1. The number of nitrogens with zero attached hydrogens (tertiary/aromatic N) is 1. The lowest BCUT2D eigenvalue weighted by Gasteiger charge is -2.20. The molecule has 2 aliphatic heterocycles. The van der Waals surface area contributed by atoms with Crippen LogP contribution in [0.4, 0.5) is 4.39 Å². The summed E-state index contributed by atoms with van der Waals surface area (Å²) < 4.78 is 24.7. The Morgan fingerprint density at radius 3 is 2.84 bits per heavy atom. The van der Waals surface area contributed by atoms with Crippen LogP contribution < -0.4 is 9.47 Å². The molecule has 0 bridgehead atoms. The SMILES string of the molecule is O=C(c1ccccc1F)N1CCSC(c2ccc3c(c2)OCO3)CC1. The minimum Gasteiger partial charge on any atom is -0.454 e. The highest BCUT2D eigenvalue weighted by molar-refractivity contribution is 7.99. The molecule has 1 fully saturated rings. The smallest absolute Gasteiger partial charge is 0.256 e. The van der Waals surface area contributed by atoms with Gasteiger partial charge >= 0.3 is 0 Å². The Balaban J connectivity index is 1.47. The van der Waals surface area contributed by atoms with E-state index >= 15 is 0 Å². The van der Waals surface area contributed by atoms with Crippen molar-refractivity contribution in [3.8, 4) is 11.5 Å². The number of hydrogen-bond donors (Lipinski definition) is 0. The largest absolute Gasteiger partial charge is 0.454 e. The molecule has 0 aliphatic carbocycles. The van der Waals surface area contributed by atoms with E-state index in [0.717, 1.165) is 23.7 Å². The molecule has 2 aromatic rings. The van der Waals surface area contributed by atoms with E-state index < -0.39 is 5.82 Å². The maximum absolute atomic E-state index is 13.9. The average Bonchev–Trinajstić information content (AvgIpc) is 2.96. The second kappa shape index (κ2) is 6.96. The van der Waals surface area contributed by atoms with Gasteiger partial charge in [0.1, 0.15) is 5.82 Å². The molecule has 6 heteroatoms. The number of carbonyl (C=O) groups excluding carboxylic acids is 1. The summed E-state index contributed by atoms with van der Waals surface area (Å²) in [4.78, 5) is 14.4. The standard InChI is InChI=1S/C19H18FNO3S/c20-15-4-2-1-3-14(15)19(22)21-8-7-18(25-10-9-21)13-5-6-16-17(11-13)24-12-23-16/h1-6,11,18H,7-10,12H2. The molecule has 25 heavy (non-hydrogen) atoms. The van der Waals surface area contributed by atoms with Gasteiger partial charge in [-0.3, -0.25) is 4.79 Å². The maximum Gasteiger partial charge on any atom is 0.256 e. The lowest BCUT2D eigenvalue weighted by Crippen LogP contribution is -2.33. The Labute approximate surface area is 149 Å². The summed E-state index contributed by atoms with van der Waals surface area (Å²) in [7, 11) is 0. The first-order valence-electron chi connectivity index (χ1n) is 8.27. The summed E-state index contributed by atoms with van der Waals surface area (Å²) in [5.41, 5.74) is 1.32. The number of benzene rings is 2. The van der Waals surface area contributed by atoms with E-state index in [0.29, 0.717) is 13.1 Å². The summed E-state index contributed by atoms with van der Waals surface area (Å²) in [6, 6.07) is 12.2. The molecule has 1 atom stereocenters. The van der Waals surface area contributed by atoms with E-state index in [9.17, 15) is 9.18 Å². The zero-order valence-electron chi connectivity index (χ0n) is 13.6. The fourth-order valence-corrected chi connectivity index (χ4v) is 4.38. The van der Waals surface area contributed by atoms with Gasteiger partial charge in [-0.2, -0.15) is 11.8 Å². The molecule has 4 rings (SSSR count). The molecular formula is C19H18FNO3S. The lowest BCUT2D eigenvalue weighted by molar-refractivity contribution is 0.0762. The van der Waals surface area contributed by atoms with Crippen molar-refractivity contribution in [2.45, 2.75) is 11.7 Å². The van der Waals surface area contributed by atoms with Crippen molar-refractivity contribution in [2.75, 3.05) is 25.6 Å². The Morgan fingerprint density at radius 1 is 1.12 bits per heavy atom. The number of rotatable bonds is 2. The van der Waals surface area contributed by atoms with Crippen LogP contribution in [0.1, 0.15) is 27.6 Å². The highest BCUT2D eigenvalue weighted by Crippen LogP contribution is 2.40. The zero-order valence-corrected chi connectivity index (χ0v) is 14.4. The van der Waals surface area contributed by atoms with Crippen LogP contribution in [-0.2, 0) is 0 Å². The van der Waals surface area contributed by atoms with E-state index in [1.165, 1.54) is 11.6 Å². The Hall–Kier alpha value is -2.21. The molecule has 1 saturated heterocycles. The second-order valence-corrected chi connectivity index (χ2v) is 7.34. The average molecular weight is 359 g/mol. The number of amides is 1. The predicted octanol–water partition coefficient (Wildman–Crippen LogP) is 3.87. The van der Waals surface area contributed by atoms with Crippen LogP contribution in [0.25, 0.3) is 0 Å². The number of hydrogen-bond acceptors (Lipinski definition) is 4. The minimum absolute atomic E-state index is 0.147. The Bertz CT molecular complexity index is 798. The first-order chi connectivity index (χ1) is 12.2. The van der Waals surface area contributed by atoms with Crippen molar-refractivity contribution in [1.29, 1.82) is 0 Å². The molecule has 1 unspecified atom stereocenters. The molecule has 0 radical (unpaired) electrons. The number of carbonyl (C=O) groups is 1. The van der Waals surface area contributed by atoms with E-state index in [2.05, 4.69) is 6.07 Å². The zero-order chi connectivity index (χ0) is 17.2. The van der Waals surface area contributed by atoms with Crippen molar-refractivity contribution in [3.63, 3.8) is 0 Å². The Kier molecular flexibility index (Phi) is 4.53. The van der Waals surface area contributed by atoms with E-state index in [-0.39, 0.29) is 23.5 Å². The van der Waals surface area contributed by atoms with Crippen LogP contribution in [0, 0.1) is 5.82 Å². The summed E-state index contributed by atoms with van der Waals surface area (Å²) in [6.45, 7) is 1.50. The van der Waals surface area contributed by atoms with Gasteiger partial charge in [-0.15, -0.1) is 0 Å². The van der Waals surface area contributed by atoms with Gasteiger partial charge in [-0.25, -0.2) is 4.39 Å². The van der Waals surface area contributed by atoms with Crippen LogP contribution in [0.5, 0.6) is 11.5 Å². The summed E-state index contributed by atoms with van der Waals surface area (Å²) in [5.74, 6) is 1.68. The van der Waals surface area contributed by atoms with Crippen molar-refractivity contribution < 1.29 is 18.7 Å². The third kappa shape index (κ3) is 3.31. The van der Waals surface area contributed by atoms with Crippen molar-refractivity contribution in [1.82, 2.24) is 4.90 Å². The van der Waals surface area contributed by atoms with Crippen LogP contribution in [0.3, 0.4) is 0 Å². The first kappa shape index (κ1) is 16.3. The third-order valence-electron chi connectivity index (χ3n) is 4.50. The van der Waals surface area contributed by atoms with Crippen molar-refractivity contribution in [2.24, 2.45) is 0 Å². The van der Waals surface area contributed by atoms with Gasteiger partial charge in [-0.05, 0) is 36.2 Å². The van der Waals surface area contributed by atoms with Crippen molar-refractivity contribution in [3.05, 3.63) is 59.4 Å². The van der Waals surface area contributed by atoms with Gasteiger partial charge in [0, 0.05) is 24.1 Å². The van der Waals surface area contributed by atoms with Crippen molar-refractivity contribution >= 4 is 17.7 Å². The number of fused-ring (bicyclic) bond motifs is 1.